The van der Waals surface area contributed by atoms with Gasteiger partial charge in [-0.1, -0.05) is 60.7 Å². The van der Waals surface area contributed by atoms with Crippen LogP contribution in [0.2, 0.25) is 0 Å². The normalized spacial score (nSPS) is 15.6. The highest BCUT2D eigenvalue weighted by Gasteiger charge is 2.24. The maximum Gasteiger partial charge on any atom is 0.331 e. The first kappa shape index (κ1) is 20.5. The quantitative estimate of drug-likeness (QED) is 0.490. The van der Waals surface area contributed by atoms with Crippen LogP contribution < -0.4 is 0 Å². The molecule has 1 fully saturated rings. The summed E-state index contributed by atoms with van der Waals surface area (Å²) >= 11 is 0. The highest BCUT2D eigenvalue weighted by atomic mass is 16.6. The molecule has 28 heavy (non-hydrogen) atoms. The molecule has 1 saturated heterocycles. The van der Waals surface area contributed by atoms with Crippen LogP contribution in [0.25, 0.3) is 0 Å². The van der Waals surface area contributed by atoms with Gasteiger partial charge >= 0.3 is 5.97 Å². The molecule has 0 N–H and O–H groups in total. The maximum atomic E-state index is 11.1. The molecule has 0 aromatic heterocycles. The van der Waals surface area contributed by atoms with E-state index in [1.807, 2.05) is 12.1 Å². The van der Waals surface area contributed by atoms with E-state index >= 15 is 0 Å². The lowest BCUT2D eigenvalue weighted by Crippen LogP contribution is -2.39. The van der Waals surface area contributed by atoms with E-state index in [0.717, 1.165) is 32.5 Å². The standard InChI is InChI=1S/C23H29NO4/c1-26-22(25)18-27-17-16-24-14-12-21(13-15-24)28-23(19-8-4-2-5-9-19)20-10-6-3-7-11-20/h2-11,21,23H,12-18H2,1H3. The zero-order valence-electron chi connectivity index (χ0n) is 16.5. The highest BCUT2D eigenvalue weighted by molar-refractivity contribution is 5.70. The lowest BCUT2D eigenvalue weighted by molar-refractivity contribution is -0.146. The summed E-state index contributed by atoms with van der Waals surface area (Å²) in [5.74, 6) is -0.333. The zero-order valence-corrected chi connectivity index (χ0v) is 16.5. The molecule has 5 heteroatoms. The minimum Gasteiger partial charge on any atom is -0.467 e. The Labute approximate surface area is 167 Å². The molecule has 1 aliphatic rings. The Morgan fingerprint density at radius 2 is 1.57 bits per heavy atom. The van der Waals surface area contributed by atoms with Gasteiger partial charge in [0.1, 0.15) is 12.7 Å². The van der Waals surface area contributed by atoms with E-state index in [9.17, 15) is 4.79 Å². The molecule has 3 rings (SSSR count). The van der Waals surface area contributed by atoms with Crippen molar-refractivity contribution in [3.63, 3.8) is 0 Å². The second-order valence-corrected chi connectivity index (χ2v) is 7.01. The summed E-state index contributed by atoms with van der Waals surface area (Å²) in [6.45, 7) is 3.33. The number of esters is 1. The Kier molecular flexibility index (Phi) is 8.03. The molecular weight excluding hydrogens is 354 g/mol. The molecule has 1 heterocycles. The van der Waals surface area contributed by atoms with Crippen LogP contribution >= 0.6 is 0 Å². The van der Waals surface area contributed by atoms with Crippen molar-refractivity contribution in [3.8, 4) is 0 Å². The van der Waals surface area contributed by atoms with Crippen molar-refractivity contribution in [2.24, 2.45) is 0 Å². The molecule has 0 radical (unpaired) electrons. The summed E-state index contributed by atoms with van der Waals surface area (Å²) in [4.78, 5) is 13.4. The van der Waals surface area contributed by atoms with E-state index < -0.39 is 0 Å². The number of hydrogen-bond donors (Lipinski definition) is 0. The third-order valence-electron chi connectivity index (χ3n) is 5.07. The van der Waals surface area contributed by atoms with Crippen LogP contribution in [0.4, 0.5) is 0 Å². The van der Waals surface area contributed by atoms with Crippen LogP contribution in [-0.2, 0) is 19.0 Å². The summed E-state index contributed by atoms with van der Waals surface area (Å²) in [7, 11) is 1.37. The first-order valence-electron chi connectivity index (χ1n) is 9.88. The monoisotopic (exact) mass is 383 g/mol. The number of carbonyl (C=O) groups excluding carboxylic acids is 1. The van der Waals surface area contributed by atoms with E-state index in [4.69, 9.17) is 9.47 Å². The van der Waals surface area contributed by atoms with E-state index in [0.29, 0.717) is 6.61 Å². The number of likely N-dealkylation sites (tertiary alicyclic amines) is 1. The van der Waals surface area contributed by atoms with Gasteiger partial charge in [0, 0.05) is 19.6 Å². The van der Waals surface area contributed by atoms with Crippen LogP contribution in [0, 0.1) is 0 Å². The summed E-state index contributed by atoms with van der Waals surface area (Å²) in [6, 6.07) is 20.8. The minimum atomic E-state index is -0.333. The Hall–Kier alpha value is -2.21. The van der Waals surface area contributed by atoms with Crippen molar-refractivity contribution in [3.05, 3.63) is 71.8 Å². The molecule has 0 saturated carbocycles. The van der Waals surface area contributed by atoms with Crippen molar-refractivity contribution in [1.82, 2.24) is 4.90 Å². The van der Waals surface area contributed by atoms with Gasteiger partial charge in [-0.15, -0.1) is 0 Å². The third kappa shape index (κ3) is 6.16. The Morgan fingerprint density at radius 1 is 1.00 bits per heavy atom. The van der Waals surface area contributed by atoms with Crippen LogP contribution in [-0.4, -0.2) is 56.9 Å². The number of methoxy groups -OCH3 is 1. The van der Waals surface area contributed by atoms with Gasteiger partial charge in [-0.3, -0.25) is 0 Å². The van der Waals surface area contributed by atoms with Crippen LogP contribution in [0.1, 0.15) is 30.1 Å². The van der Waals surface area contributed by atoms with Gasteiger partial charge in [0.05, 0.1) is 19.8 Å². The molecule has 0 aliphatic carbocycles. The lowest BCUT2D eigenvalue weighted by atomic mass is 10.00. The van der Waals surface area contributed by atoms with Gasteiger partial charge in [0.15, 0.2) is 0 Å². The third-order valence-corrected chi connectivity index (χ3v) is 5.07. The predicted octanol–water partition coefficient (Wildman–Crippen LogP) is 3.45. The van der Waals surface area contributed by atoms with Crippen LogP contribution in [0.15, 0.2) is 60.7 Å². The first-order chi connectivity index (χ1) is 13.8. The average Bonchev–Trinajstić information content (AvgIpc) is 2.77. The van der Waals surface area contributed by atoms with Gasteiger partial charge in [-0.25, -0.2) is 4.79 Å². The summed E-state index contributed by atoms with van der Waals surface area (Å²) < 4.78 is 16.5. The van der Waals surface area contributed by atoms with E-state index in [1.165, 1.54) is 18.2 Å². The number of nitrogens with zero attached hydrogens (tertiary/aromatic N) is 1. The molecule has 0 bridgehead atoms. The SMILES string of the molecule is COC(=O)COCCN1CCC(OC(c2ccccc2)c2ccccc2)CC1. The number of benzene rings is 2. The second kappa shape index (κ2) is 11.0. The van der Waals surface area contributed by atoms with E-state index in [-0.39, 0.29) is 24.8 Å². The fourth-order valence-corrected chi connectivity index (χ4v) is 3.47. The highest BCUT2D eigenvalue weighted by Crippen LogP contribution is 2.29. The molecule has 0 atom stereocenters. The van der Waals surface area contributed by atoms with E-state index in [2.05, 4.69) is 58.2 Å². The van der Waals surface area contributed by atoms with Crippen molar-refractivity contribution >= 4 is 5.97 Å². The van der Waals surface area contributed by atoms with Gasteiger partial charge in [-0.05, 0) is 24.0 Å². The molecule has 0 unspecified atom stereocenters. The largest absolute Gasteiger partial charge is 0.467 e. The maximum absolute atomic E-state index is 11.1. The smallest absolute Gasteiger partial charge is 0.331 e. The van der Waals surface area contributed by atoms with Gasteiger partial charge in [-0.2, -0.15) is 0 Å². The van der Waals surface area contributed by atoms with Gasteiger partial charge in [0.2, 0.25) is 0 Å². The number of rotatable bonds is 9. The molecule has 1 aliphatic heterocycles. The molecule has 5 nitrogen and oxygen atoms in total. The Balaban J connectivity index is 1.50. The molecule has 2 aromatic rings. The second-order valence-electron chi connectivity index (χ2n) is 7.01. The molecule has 2 aromatic carbocycles. The fourth-order valence-electron chi connectivity index (χ4n) is 3.47. The summed E-state index contributed by atoms with van der Waals surface area (Å²) in [5.41, 5.74) is 2.37. The molecular formula is C23H29NO4. The van der Waals surface area contributed by atoms with E-state index in [1.54, 1.807) is 0 Å². The van der Waals surface area contributed by atoms with Crippen molar-refractivity contribution < 1.29 is 19.0 Å². The average molecular weight is 383 g/mol. The van der Waals surface area contributed by atoms with Crippen molar-refractivity contribution in [2.45, 2.75) is 25.0 Å². The summed E-state index contributed by atoms with van der Waals surface area (Å²) in [6.07, 6.45) is 2.18. The molecule has 0 spiro atoms. The Bertz CT molecular complexity index is 660. The van der Waals surface area contributed by atoms with Gasteiger partial charge in [0.25, 0.3) is 0 Å². The lowest BCUT2D eigenvalue weighted by Gasteiger charge is -2.34. The number of ether oxygens (including phenoxy) is 3. The molecule has 150 valence electrons. The molecule has 0 amide bonds. The van der Waals surface area contributed by atoms with Gasteiger partial charge < -0.3 is 19.1 Å². The predicted molar refractivity (Wildman–Crippen MR) is 108 cm³/mol. The summed E-state index contributed by atoms with van der Waals surface area (Å²) in [5, 5.41) is 0. The van der Waals surface area contributed by atoms with Crippen LogP contribution in [0.5, 0.6) is 0 Å². The minimum absolute atomic E-state index is 0.0197. The van der Waals surface area contributed by atoms with Crippen molar-refractivity contribution in [2.75, 3.05) is 40.0 Å². The van der Waals surface area contributed by atoms with Crippen molar-refractivity contribution in [1.29, 1.82) is 0 Å². The van der Waals surface area contributed by atoms with Crippen LogP contribution in [0.3, 0.4) is 0 Å². The fraction of sp³-hybridized carbons (Fsp3) is 0.435. The number of carbonyl (C=O) groups is 1. The number of piperidine rings is 1. The Morgan fingerprint density at radius 3 is 2.11 bits per heavy atom. The number of hydrogen-bond acceptors (Lipinski definition) is 5. The zero-order chi connectivity index (χ0) is 19.6. The first-order valence-corrected chi connectivity index (χ1v) is 9.88. The topological polar surface area (TPSA) is 48.0 Å².